The number of amides is 1. The van der Waals surface area contributed by atoms with Gasteiger partial charge in [0.1, 0.15) is 6.04 Å². The van der Waals surface area contributed by atoms with Crippen LogP contribution in [0.2, 0.25) is 0 Å². The first-order chi connectivity index (χ1) is 9.95. The van der Waals surface area contributed by atoms with Crippen molar-refractivity contribution in [3.8, 4) is 5.75 Å². The molecule has 1 aliphatic rings. The van der Waals surface area contributed by atoms with Crippen LogP contribution >= 0.6 is 0 Å². The molecule has 0 radical (unpaired) electrons. The molecule has 0 aliphatic carbocycles. The quantitative estimate of drug-likeness (QED) is 0.623. The Balaban J connectivity index is 2.33. The normalized spacial score (nSPS) is 17.7. The van der Waals surface area contributed by atoms with Crippen molar-refractivity contribution < 1.29 is 14.5 Å². The Morgan fingerprint density at radius 3 is 2.76 bits per heavy atom. The second-order valence-corrected chi connectivity index (χ2v) is 5.20. The van der Waals surface area contributed by atoms with Crippen molar-refractivity contribution in [2.45, 2.75) is 18.9 Å². The molecule has 1 saturated heterocycles. The van der Waals surface area contributed by atoms with Gasteiger partial charge in [0.05, 0.1) is 12.0 Å². The molecule has 7 nitrogen and oxygen atoms in total. The number of ether oxygens (including phenoxy) is 1. The standard InChI is InChI=1S/C14H19N3O4/c1-15(2)14(18)12-5-4-8-16(12)10-6-7-11(17(19)20)13(9-10)21-3/h6-7,9,12H,4-5,8H2,1-3H3. The molecular formula is C14H19N3O4. The Labute approximate surface area is 123 Å². The Morgan fingerprint density at radius 2 is 2.19 bits per heavy atom. The first-order valence-corrected chi connectivity index (χ1v) is 6.76. The van der Waals surface area contributed by atoms with Gasteiger partial charge in [-0.15, -0.1) is 0 Å². The minimum Gasteiger partial charge on any atom is -0.490 e. The number of nitro benzene ring substituents is 1. The molecule has 0 spiro atoms. The van der Waals surface area contributed by atoms with Crippen LogP contribution < -0.4 is 9.64 Å². The van der Waals surface area contributed by atoms with E-state index < -0.39 is 4.92 Å². The third-order valence-corrected chi connectivity index (χ3v) is 3.67. The molecule has 1 amide bonds. The summed E-state index contributed by atoms with van der Waals surface area (Å²) in [5, 5.41) is 10.9. The van der Waals surface area contributed by atoms with Crippen molar-refractivity contribution in [3.63, 3.8) is 0 Å². The summed E-state index contributed by atoms with van der Waals surface area (Å²) in [4.78, 5) is 26.2. The molecule has 1 aliphatic heterocycles. The Morgan fingerprint density at radius 1 is 1.48 bits per heavy atom. The lowest BCUT2D eigenvalue weighted by Gasteiger charge is -2.28. The fourth-order valence-corrected chi connectivity index (χ4v) is 2.63. The highest BCUT2D eigenvalue weighted by molar-refractivity contribution is 5.85. The zero-order chi connectivity index (χ0) is 15.6. The van der Waals surface area contributed by atoms with Crippen LogP contribution in [0, 0.1) is 10.1 Å². The summed E-state index contributed by atoms with van der Waals surface area (Å²) >= 11 is 0. The van der Waals surface area contributed by atoms with Crippen LogP contribution in [0.3, 0.4) is 0 Å². The van der Waals surface area contributed by atoms with E-state index in [2.05, 4.69) is 0 Å². The Hall–Kier alpha value is -2.31. The molecule has 21 heavy (non-hydrogen) atoms. The zero-order valence-corrected chi connectivity index (χ0v) is 12.4. The van der Waals surface area contributed by atoms with Crippen molar-refractivity contribution in [2.75, 3.05) is 32.6 Å². The maximum absolute atomic E-state index is 12.2. The van der Waals surface area contributed by atoms with Gasteiger partial charge in [0.2, 0.25) is 5.91 Å². The number of benzene rings is 1. The molecule has 114 valence electrons. The van der Waals surface area contributed by atoms with Crippen molar-refractivity contribution in [1.29, 1.82) is 0 Å². The molecule has 1 heterocycles. The molecule has 0 N–H and O–H groups in total. The van der Waals surface area contributed by atoms with Crippen molar-refractivity contribution in [2.24, 2.45) is 0 Å². The highest BCUT2D eigenvalue weighted by atomic mass is 16.6. The summed E-state index contributed by atoms with van der Waals surface area (Å²) < 4.78 is 5.09. The van der Waals surface area contributed by atoms with E-state index >= 15 is 0 Å². The summed E-state index contributed by atoms with van der Waals surface area (Å²) in [5.41, 5.74) is 0.700. The predicted octanol–water partition coefficient (Wildman–Crippen LogP) is 1.66. The molecule has 1 aromatic carbocycles. The summed E-state index contributed by atoms with van der Waals surface area (Å²) in [6.07, 6.45) is 1.71. The summed E-state index contributed by atoms with van der Waals surface area (Å²) in [7, 11) is 4.86. The van der Waals surface area contributed by atoms with E-state index in [1.165, 1.54) is 13.2 Å². The highest BCUT2D eigenvalue weighted by Crippen LogP contribution is 2.34. The van der Waals surface area contributed by atoms with Crippen LogP contribution in [0.25, 0.3) is 0 Å². The number of likely N-dealkylation sites (N-methyl/N-ethyl adjacent to an activating group) is 1. The fraction of sp³-hybridized carbons (Fsp3) is 0.500. The number of hydrogen-bond acceptors (Lipinski definition) is 5. The molecule has 1 aromatic rings. The molecule has 7 heteroatoms. The van der Waals surface area contributed by atoms with Crippen molar-refractivity contribution in [1.82, 2.24) is 4.90 Å². The highest BCUT2D eigenvalue weighted by Gasteiger charge is 2.32. The summed E-state index contributed by atoms with van der Waals surface area (Å²) in [5.74, 6) is 0.255. The molecule has 2 rings (SSSR count). The molecule has 0 saturated carbocycles. The monoisotopic (exact) mass is 293 g/mol. The van der Waals surface area contributed by atoms with Gasteiger partial charge in [0, 0.05) is 38.5 Å². The van der Waals surface area contributed by atoms with E-state index in [0.29, 0.717) is 0 Å². The minimum absolute atomic E-state index is 0.0461. The van der Waals surface area contributed by atoms with Gasteiger partial charge in [0.15, 0.2) is 5.75 Å². The van der Waals surface area contributed by atoms with Crippen LogP contribution in [0.5, 0.6) is 5.75 Å². The second-order valence-electron chi connectivity index (χ2n) is 5.20. The van der Waals surface area contributed by atoms with Crippen molar-refractivity contribution in [3.05, 3.63) is 28.3 Å². The zero-order valence-electron chi connectivity index (χ0n) is 12.4. The first-order valence-electron chi connectivity index (χ1n) is 6.76. The van der Waals surface area contributed by atoms with Gasteiger partial charge in [-0.2, -0.15) is 0 Å². The number of rotatable bonds is 4. The molecule has 1 atom stereocenters. The van der Waals surface area contributed by atoms with E-state index in [9.17, 15) is 14.9 Å². The first kappa shape index (κ1) is 15.1. The molecule has 1 unspecified atom stereocenters. The van der Waals surface area contributed by atoms with Gasteiger partial charge >= 0.3 is 5.69 Å². The lowest BCUT2D eigenvalue weighted by Crippen LogP contribution is -2.42. The predicted molar refractivity (Wildman–Crippen MR) is 78.7 cm³/mol. The van der Waals surface area contributed by atoms with Crippen LogP contribution in [0.1, 0.15) is 12.8 Å². The minimum atomic E-state index is -0.477. The maximum Gasteiger partial charge on any atom is 0.311 e. The Bertz CT molecular complexity index is 559. The van der Waals surface area contributed by atoms with Gasteiger partial charge < -0.3 is 14.5 Å². The smallest absolute Gasteiger partial charge is 0.311 e. The molecule has 1 fully saturated rings. The van der Waals surface area contributed by atoms with E-state index in [-0.39, 0.29) is 23.4 Å². The summed E-state index contributed by atoms with van der Waals surface area (Å²) in [6, 6.07) is 4.50. The fourth-order valence-electron chi connectivity index (χ4n) is 2.63. The average molecular weight is 293 g/mol. The third kappa shape index (κ3) is 2.91. The second kappa shape index (κ2) is 5.99. The number of methoxy groups -OCH3 is 1. The number of carbonyl (C=O) groups is 1. The van der Waals surface area contributed by atoms with Crippen LogP contribution in [-0.4, -0.2) is 49.5 Å². The third-order valence-electron chi connectivity index (χ3n) is 3.67. The van der Waals surface area contributed by atoms with Crippen LogP contribution in [0.15, 0.2) is 18.2 Å². The number of nitro groups is 1. The van der Waals surface area contributed by atoms with E-state index in [1.54, 1.807) is 31.1 Å². The average Bonchev–Trinajstić information content (AvgIpc) is 2.94. The lowest BCUT2D eigenvalue weighted by molar-refractivity contribution is -0.385. The van der Waals surface area contributed by atoms with E-state index in [1.807, 2.05) is 4.90 Å². The van der Waals surface area contributed by atoms with Crippen molar-refractivity contribution >= 4 is 17.3 Å². The SMILES string of the molecule is COc1cc(N2CCCC2C(=O)N(C)C)ccc1[N+](=O)[O-]. The van der Waals surface area contributed by atoms with Crippen LogP contribution in [0.4, 0.5) is 11.4 Å². The molecule has 0 bridgehead atoms. The van der Waals surface area contributed by atoms with Gasteiger partial charge in [-0.1, -0.05) is 0 Å². The van der Waals surface area contributed by atoms with Gasteiger partial charge in [-0.25, -0.2) is 0 Å². The van der Waals surface area contributed by atoms with Gasteiger partial charge in [-0.3, -0.25) is 14.9 Å². The van der Waals surface area contributed by atoms with E-state index in [4.69, 9.17) is 4.74 Å². The largest absolute Gasteiger partial charge is 0.490 e. The Kier molecular flexibility index (Phi) is 4.30. The summed E-state index contributed by atoms with van der Waals surface area (Å²) in [6.45, 7) is 0.755. The number of carbonyl (C=O) groups excluding carboxylic acids is 1. The number of anilines is 1. The van der Waals surface area contributed by atoms with E-state index in [0.717, 1.165) is 25.1 Å². The number of nitrogens with zero attached hydrogens (tertiary/aromatic N) is 3. The molecule has 0 aromatic heterocycles. The van der Waals surface area contributed by atoms with Gasteiger partial charge in [0.25, 0.3) is 0 Å². The maximum atomic E-state index is 12.2. The molecular weight excluding hydrogens is 274 g/mol. The number of hydrogen-bond donors (Lipinski definition) is 0. The topological polar surface area (TPSA) is 75.9 Å². The lowest BCUT2D eigenvalue weighted by atomic mass is 10.1. The van der Waals surface area contributed by atoms with Gasteiger partial charge in [-0.05, 0) is 18.9 Å². The van der Waals surface area contributed by atoms with Crippen LogP contribution in [-0.2, 0) is 4.79 Å².